The van der Waals surface area contributed by atoms with Gasteiger partial charge in [0.25, 0.3) is 0 Å². The minimum absolute atomic E-state index is 0.0464. The molecule has 7 nitrogen and oxygen atoms in total. The van der Waals surface area contributed by atoms with Crippen LogP contribution in [0.2, 0.25) is 0 Å². The summed E-state index contributed by atoms with van der Waals surface area (Å²) in [4.78, 5) is 23.3. The summed E-state index contributed by atoms with van der Waals surface area (Å²) in [5.74, 6) is -2.20. The predicted molar refractivity (Wildman–Crippen MR) is 125 cm³/mol. The molecule has 0 amide bonds. The number of carboxylic acids is 2. The van der Waals surface area contributed by atoms with Gasteiger partial charge in [0, 0.05) is 22.3 Å². The van der Waals surface area contributed by atoms with Crippen molar-refractivity contribution < 1.29 is 24.2 Å². The highest BCUT2D eigenvalue weighted by Gasteiger charge is 2.16. The third-order valence-electron chi connectivity index (χ3n) is 5.57. The summed E-state index contributed by atoms with van der Waals surface area (Å²) in [6, 6.07) is 27.5. The topological polar surface area (TPSA) is 119 Å². The minimum atomic E-state index is -1.29. The van der Waals surface area contributed by atoms with Gasteiger partial charge >= 0.3 is 0 Å². The average Bonchev–Trinajstić information content (AvgIpc) is 3.39. The molecular formula is C28H16N2O5-2. The van der Waals surface area contributed by atoms with Gasteiger partial charge in [-0.2, -0.15) is 0 Å². The lowest BCUT2D eigenvalue weighted by Gasteiger charge is -2.12. The molecule has 1 aromatic heterocycles. The first-order valence-corrected chi connectivity index (χ1v) is 10.7. The van der Waals surface area contributed by atoms with E-state index in [1.807, 2.05) is 36.4 Å². The number of nitrogens with zero attached hydrogens (tertiary/aromatic N) is 2. The third kappa shape index (κ3) is 4.30. The van der Waals surface area contributed by atoms with Crippen LogP contribution < -0.4 is 10.2 Å². The fraction of sp³-hybridized carbons (Fsp3) is 0. The molecule has 0 spiro atoms. The van der Waals surface area contributed by atoms with Crippen molar-refractivity contribution in [3.63, 3.8) is 0 Å². The van der Waals surface area contributed by atoms with Crippen molar-refractivity contribution in [1.29, 1.82) is 0 Å². The van der Waals surface area contributed by atoms with Crippen LogP contribution in [0.15, 0.2) is 101 Å². The Bertz CT molecular complexity index is 1430. The number of carbonyl (C=O) groups excluding carboxylic acids is 2. The van der Waals surface area contributed by atoms with Crippen LogP contribution in [-0.4, -0.2) is 22.1 Å². The van der Waals surface area contributed by atoms with Gasteiger partial charge in [0.15, 0.2) is 0 Å². The molecule has 0 radical (unpaired) electrons. The lowest BCUT2D eigenvalue weighted by molar-refractivity contribution is -0.256. The Morgan fingerprint density at radius 3 is 1.31 bits per heavy atom. The second-order valence-electron chi connectivity index (χ2n) is 7.74. The largest absolute Gasteiger partial charge is 0.545 e. The van der Waals surface area contributed by atoms with Gasteiger partial charge < -0.3 is 24.2 Å². The van der Waals surface area contributed by atoms with Gasteiger partial charge in [-0.1, -0.05) is 72.8 Å². The van der Waals surface area contributed by atoms with Crippen LogP contribution >= 0.6 is 0 Å². The average molecular weight is 460 g/mol. The van der Waals surface area contributed by atoms with Crippen LogP contribution in [-0.2, 0) is 0 Å². The molecule has 0 aliphatic heterocycles. The summed E-state index contributed by atoms with van der Waals surface area (Å²) < 4.78 is 5.89. The monoisotopic (exact) mass is 460 g/mol. The second-order valence-corrected chi connectivity index (χ2v) is 7.74. The smallest absolute Gasteiger partial charge is 0.248 e. The Balaban J connectivity index is 1.56. The molecule has 7 heteroatoms. The fourth-order valence-corrected chi connectivity index (χ4v) is 3.88. The van der Waals surface area contributed by atoms with Gasteiger partial charge in [-0.05, 0) is 46.5 Å². The van der Waals surface area contributed by atoms with E-state index in [0.717, 1.165) is 0 Å². The predicted octanol–water partition coefficient (Wildman–Crippen LogP) is 3.46. The van der Waals surface area contributed by atoms with Gasteiger partial charge in [0.1, 0.15) is 0 Å². The lowest BCUT2D eigenvalue weighted by Crippen LogP contribution is -2.23. The van der Waals surface area contributed by atoms with Crippen molar-refractivity contribution in [2.24, 2.45) is 0 Å². The Morgan fingerprint density at radius 1 is 0.543 bits per heavy atom. The molecule has 0 unspecified atom stereocenters. The molecule has 0 saturated carbocycles. The number of rotatable bonds is 6. The van der Waals surface area contributed by atoms with E-state index in [1.165, 1.54) is 12.1 Å². The van der Waals surface area contributed by atoms with E-state index in [9.17, 15) is 19.8 Å². The van der Waals surface area contributed by atoms with Crippen LogP contribution in [0.25, 0.3) is 45.2 Å². The molecule has 0 N–H and O–H groups in total. The summed E-state index contributed by atoms with van der Waals surface area (Å²) >= 11 is 0. The van der Waals surface area contributed by atoms with Gasteiger partial charge in [0.05, 0.1) is 11.9 Å². The number of aromatic carboxylic acids is 2. The van der Waals surface area contributed by atoms with Crippen LogP contribution in [0, 0.1) is 0 Å². The van der Waals surface area contributed by atoms with Crippen LogP contribution in [0.4, 0.5) is 0 Å². The molecular weight excluding hydrogens is 444 g/mol. The summed E-state index contributed by atoms with van der Waals surface area (Å²) in [6.45, 7) is 0. The SMILES string of the molecule is O=C([O-])c1ccc(-c2nnc(-c3ccc(C(=O)[O-])c(-c4ccccc4)c3)o2)cc1-c1ccccc1. The van der Waals surface area contributed by atoms with Crippen LogP contribution in [0.5, 0.6) is 0 Å². The summed E-state index contributed by atoms with van der Waals surface area (Å²) in [5.41, 5.74) is 3.50. The normalized spacial score (nSPS) is 10.7. The Labute approximate surface area is 200 Å². The standard InChI is InChI=1S/C28H18N2O5/c31-27(32)21-13-11-19(15-23(21)17-7-3-1-4-8-17)25-29-30-26(35-25)20-12-14-22(28(33)34)24(16-20)18-9-5-2-6-10-18/h1-16H,(H,31,32)(H,33,34)/p-2. The maximum absolute atomic E-state index is 11.6. The third-order valence-corrected chi connectivity index (χ3v) is 5.57. The molecule has 0 atom stereocenters. The van der Waals surface area contributed by atoms with Gasteiger partial charge in [-0.15, -0.1) is 10.2 Å². The molecule has 170 valence electrons. The van der Waals surface area contributed by atoms with Gasteiger partial charge in [-0.25, -0.2) is 0 Å². The van der Waals surface area contributed by atoms with Crippen LogP contribution in [0.1, 0.15) is 20.7 Å². The number of benzene rings is 4. The molecule has 0 fully saturated rings. The highest BCUT2D eigenvalue weighted by Crippen LogP contribution is 2.32. The molecule has 35 heavy (non-hydrogen) atoms. The van der Waals surface area contributed by atoms with E-state index in [0.29, 0.717) is 33.4 Å². The highest BCUT2D eigenvalue weighted by molar-refractivity contribution is 5.96. The molecule has 4 aromatic carbocycles. The number of carboxylic acid groups (broad SMARTS) is 2. The highest BCUT2D eigenvalue weighted by atomic mass is 16.4. The summed E-state index contributed by atoms with van der Waals surface area (Å²) in [7, 11) is 0. The number of carbonyl (C=O) groups is 2. The van der Waals surface area contributed by atoms with E-state index in [4.69, 9.17) is 4.42 Å². The zero-order valence-electron chi connectivity index (χ0n) is 18.2. The maximum Gasteiger partial charge on any atom is 0.248 e. The summed E-state index contributed by atoms with van der Waals surface area (Å²) in [5, 5.41) is 31.5. The molecule has 0 aliphatic carbocycles. The van der Waals surface area contributed by atoms with Crippen molar-refractivity contribution in [3.05, 3.63) is 108 Å². The van der Waals surface area contributed by atoms with Gasteiger partial charge in [0.2, 0.25) is 11.8 Å². The van der Waals surface area contributed by atoms with E-state index < -0.39 is 11.9 Å². The van der Waals surface area contributed by atoms with Gasteiger partial charge in [-0.3, -0.25) is 0 Å². The number of hydrogen-bond acceptors (Lipinski definition) is 7. The maximum atomic E-state index is 11.6. The quantitative estimate of drug-likeness (QED) is 0.381. The lowest BCUT2D eigenvalue weighted by atomic mass is 9.97. The van der Waals surface area contributed by atoms with E-state index in [2.05, 4.69) is 10.2 Å². The number of aromatic nitrogens is 2. The first-order chi connectivity index (χ1) is 17.0. The van der Waals surface area contributed by atoms with Crippen molar-refractivity contribution in [2.45, 2.75) is 0 Å². The molecule has 0 aliphatic rings. The van der Waals surface area contributed by atoms with Crippen molar-refractivity contribution in [2.75, 3.05) is 0 Å². The van der Waals surface area contributed by atoms with Crippen LogP contribution in [0.3, 0.4) is 0 Å². The van der Waals surface area contributed by atoms with E-state index >= 15 is 0 Å². The Hall–Kier alpha value is -5.04. The van der Waals surface area contributed by atoms with Crippen molar-refractivity contribution in [3.8, 4) is 45.2 Å². The van der Waals surface area contributed by atoms with Crippen molar-refractivity contribution >= 4 is 11.9 Å². The second kappa shape index (κ2) is 9.07. The van der Waals surface area contributed by atoms with E-state index in [-0.39, 0.29) is 22.9 Å². The first kappa shape index (κ1) is 21.8. The molecule has 5 rings (SSSR count). The number of hydrogen-bond donors (Lipinski definition) is 0. The Morgan fingerprint density at radius 2 is 0.943 bits per heavy atom. The van der Waals surface area contributed by atoms with Crippen molar-refractivity contribution in [1.82, 2.24) is 10.2 Å². The minimum Gasteiger partial charge on any atom is -0.545 e. The molecule has 1 heterocycles. The summed E-state index contributed by atoms with van der Waals surface area (Å²) in [6.07, 6.45) is 0. The molecule has 5 aromatic rings. The molecule has 0 bridgehead atoms. The van der Waals surface area contributed by atoms with E-state index in [1.54, 1.807) is 48.5 Å². The zero-order chi connectivity index (χ0) is 24.4. The first-order valence-electron chi connectivity index (χ1n) is 10.7. The fourth-order valence-electron chi connectivity index (χ4n) is 3.88. The zero-order valence-corrected chi connectivity index (χ0v) is 18.2. The Kier molecular flexibility index (Phi) is 5.65. The molecule has 0 saturated heterocycles.